The Morgan fingerprint density at radius 3 is 2.71 bits per heavy atom. The molecule has 2 saturated carbocycles. The maximum atomic E-state index is 13.1. The summed E-state index contributed by atoms with van der Waals surface area (Å²) in [5, 5.41) is 0. The van der Waals surface area contributed by atoms with Crippen molar-refractivity contribution in [2.24, 2.45) is 22.7 Å². The monoisotopic (exact) mass is 448 g/mol. The van der Waals surface area contributed by atoms with Crippen LogP contribution in [0.4, 0.5) is 4.79 Å². The van der Waals surface area contributed by atoms with E-state index < -0.39 is 23.1 Å². The first kappa shape index (κ1) is 22.1. The third-order valence-electron chi connectivity index (χ3n) is 8.10. The molecule has 31 heavy (non-hydrogen) atoms. The van der Waals surface area contributed by atoms with E-state index >= 15 is 0 Å². The van der Waals surface area contributed by atoms with Gasteiger partial charge in [0, 0.05) is 10.8 Å². The smallest absolute Gasteiger partial charge is 0.446 e. The van der Waals surface area contributed by atoms with Gasteiger partial charge in [0.1, 0.15) is 0 Å². The minimum Gasteiger partial charge on any atom is -0.446 e. The van der Waals surface area contributed by atoms with Gasteiger partial charge < -0.3 is 14.2 Å². The van der Waals surface area contributed by atoms with Crippen molar-refractivity contribution < 1.29 is 28.6 Å². The zero-order valence-corrected chi connectivity index (χ0v) is 19.0. The summed E-state index contributed by atoms with van der Waals surface area (Å²) in [4.78, 5) is 37.4. The van der Waals surface area contributed by atoms with Crippen LogP contribution in [0.15, 0.2) is 35.5 Å². The molecule has 6 nitrogen and oxygen atoms in total. The van der Waals surface area contributed by atoms with Crippen LogP contribution in [0.25, 0.3) is 0 Å². The number of allylic oxidation sites excluding steroid dienone is 6. The summed E-state index contributed by atoms with van der Waals surface area (Å²) in [5.74, 6) is -0.202. The van der Waals surface area contributed by atoms with Gasteiger partial charge in [-0.05, 0) is 69.9 Å². The van der Waals surface area contributed by atoms with Crippen molar-refractivity contribution in [1.29, 1.82) is 0 Å². The molecule has 0 heterocycles. The van der Waals surface area contributed by atoms with Crippen molar-refractivity contribution in [2.75, 3.05) is 12.7 Å². The van der Waals surface area contributed by atoms with Gasteiger partial charge in [0.15, 0.2) is 11.8 Å². The second kappa shape index (κ2) is 7.80. The Morgan fingerprint density at radius 1 is 1.23 bits per heavy atom. The zero-order chi connectivity index (χ0) is 22.4. The predicted octanol–water partition coefficient (Wildman–Crippen LogP) is 4.87. The first-order chi connectivity index (χ1) is 14.7. The van der Waals surface area contributed by atoms with Crippen molar-refractivity contribution in [1.82, 2.24) is 0 Å². The van der Waals surface area contributed by atoms with E-state index in [1.54, 1.807) is 19.1 Å². The molecule has 0 N–H and O–H groups in total. The molecule has 0 spiro atoms. The summed E-state index contributed by atoms with van der Waals surface area (Å²) in [6.45, 7) is 6.03. The maximum absolute atomic E-state index is 13.1. The summed E-state index contributed by atoms with van der Waals surface area (Å²) in [7, 11) is 0. The van der Waals surface area contributed by atoms with Crippen LogP contribution in [0, 0.1) is 22.7 Å². The standard InChI is InChI=1S/C24H29ClO6/c1-4-29-21(28)31-24(20(27)30-14-25)12-9-19-17-6-5-15-13-16(26)7-10-22(15,2)18(17)8-11-23(19,24)3/h7-8,10,13,17,19H,4-6,9,11-12,14H2,1-3H3. The predicted molar refractivity (Wildman–Crippen MR) is 114 cm³/mol. The Balaban J connectivity index is 1.74. The van der Waals surface area contributed by atoms with E-state index in [4.69, 9.17) is 25.8 Å². The van der Waals surface area contributed by atoms with Crippen LogP contribution < -0.4 is 0 Å². The molecule has 0 bridgehead atoms. The number of ketones is 1. The molecule has 5 atom stereocenters. The molecule has 0 aromatic rings. The Kier molecular flexibility index (Phi) is 5.57. The molecular weight excluding hydrogens is 420 g/mol. The molecule has 2 fully saturated rings. The highest BCUT2D eigenvalue weighted by molar-refractivity contribution is 6.17. The largest absolute Gasteiger partial charge is 0.509 e. The maximum Gasteiger partial charge on any atom is 0.509 e. The minimum atomic E-state index is -1.43. The number of alkyl halides is 1. The molecule has 0 aromatic heterocycles. The van der Waals surface area contributed by atoms with Crippen molar-refractivity contribution in [3.8, 4) is 0 Å². The molecule has 0 saturated heterocycles. The van der Waals surface area contributed by atoms with Crippen LogP contribution in [0.3, 0.4) is 0 Å². The quantitative estimate of drug-likeness (QED) is 0.347. The first-order valence-electron chi connectivity index (χ1n) is 11.0. The van der Waals surface area contributed by atoms with Gasteiger partial charge in [-0.1, -0.05) is 41.8 Å². The van der Waals surface area contributed by atoms with E-state index in [1.807, 2.05) is 13.0 Å². The van der Waals surface area contributed by atoms with Gasteiger partial charge >= 0.3 is 12.1 Å². The topological polar surface area (TPSA) is 78.9 Å². The summed E-state index contributed by atoms with van der Waals surface area (Å²) in [6, 6.07) is -0.302. The number of esters is 1. The third-order valence-corrected chi connectivity index (χ3v) is 8.21. The molecule has 5 unspecified atom stereocenters. The van der Waals surface area contributed by atoms with E-state index in [9.17, 15) is 14.4 Å². The van der Waals surface area contributed by atoms with E-state index in [1.165, 1.54) is 5.57 Å². The van der Waals surface area contributed by atoms with Gasteiger partial charge in [-0.25, -0.2) is 9.59 Å². The lowest BCUT2D eigenvalue weighted by molar-refractivity contribution is -0.182. The number of ether oxygens (including phenoxy) is 3. The van der Waals surface area contributed by atoms with Crippen molar-refractivity contribution in [3.05, 3.63) is 35.5 Å². The molecule has 4 aliphatic rings. The van der Waals surface area contributed by atoms with Crippen LogP contribution in [0.1, 0.15) is 52.9 Å². The average Bonchev–Trinajstić information content (AvgIpc) is 3.02. The molecule has 0 aliphatic heterocycles. The molecule has 0 radical (unpaired) electrons. The fourth-order valence-electron chi connectivity index (χ4n) is 6.52. The minimum absolute atomic E-state index is 0.0405. The van der Waals surface area contributed by atoms with Crippen molar-refractivity contribution in [3.63, 3.8) is 0 Å². The van der Waals surface area contributed by atoms with Crippen LogP contribution in [0.2, 0.25) is 0 Å². The first-order valence-corrected chi connectivity index (χ1v) is 11.5. The van der Waals surface area contributed by atoms with E-state index in [2.05, 4.69) is 13.0 Å². The second-order valence-corrected chi connectivity index (χ2v) is 9.55. The molecule has 4 rings (SSSR count). The molecule has 0 aromatic carbocycles. The Morgan fingerprint density at radius 2 is 2.00 bits per heavy atom. The Bertz CT molecular complexity index is 904. The van der Waals surface area contributed by atoms with E-state index in [0.29, 0.717) is 12.8 Å². The lowest BCUT2D eigenvalue weighted by Gasteiger charge is -2.53. The third kappa shape index (κ3) is 3.17. The summed E-state index contributed by atoms with van der Waals surface area (Å²) < 4.78 is 16.0. The van der Waals surface area contributed by atoms with Gasteiger partial charge in [0.2, 0.25) is 5.60 Å². The van der Waals surface area contributed by atoms with E-state index in [-0.39, 0.29) is 35.7 Å². The van der Waals surface area contributed by atoms with Gasteiger partial charge in [-0.15, -0.1) is 0 Å². The normalized spacial score (nSPS) is 38.3. The lowest BCUT2D eigenvalue weighted by Crippen LogP contribution is -2.57. The van der Waals surface area contributed by atoms with Crippen molar-refractivity contribution >= 4 is 29.5 Å². The number of carbonyl (C=O) groups is 3. The highest BCUT2D eigenvalue weighted by Gasteiger charge is 2.68. The molecule has 4 aliphatic carbocycles. The van der Waals surface area contributed by atoms with Gasteiger partial charge in [0.25, 0.3) is 0 Å². The number of fused-ring (bicyclic) bond motifs is 5. The van der Waals surface area contributed by atoms with Crippen LogP contribution in [-0.4, -0.2) is 36.2 Å². The van der Waals surface area contributed by atoms with E-state index in [0.717, 1.165) is 24.8 Å². The molecule has 0 amide bonds. The van der Waals surface area contributed by atoms with Crippen LogP contribution in [0.5, 0.6) is 0 Å². The molecular formula is C24H29ClO6. The highest BCUT2D eigenvalue weighted by atomic mass is 35.5. The van der Waals surface area contributed by atoms with Crippen LogP contribution in [-0.2, 0) is 23.8 Å². The SMILES string of the molecule is CCOC(=O)OC1(C(=O)OCCl)CCC2C3CCC4=CC(=O)C=CC4(C)C3=CCC21C. The fraction of sp³-hybridized carbons (Fsp3) is 0.625. The van der Waals surface area contributed by atoms with Gasteiger partial charge in [-0.3, -0.25) is 4.79 Å². The molecule has 168 valence electrons. The fourth-order valence-corrected chi connectivity index (χ4v) is 6.62. The molecule has 7 heteroatoms. The summed E-state index contributed by atoms with van der Waals surface area (Å²) >= 11 is 5.70. The summed E-state index contributed by atoms with van der Waals surface area (Å²) in [6.07, 6.45) is 10.2. The van der Waals surface area contributed by atoms with Gasteiger partial charge in [-0.2, -0.15) is 0 Å². The summed E-state index contributed by atoms with van der Waals surface area (Å²) in [5.41, 5.74) is 0.106. The number of hydrogen-bond donors (Lipinski definition) is 0. The van der Waals surface area contributed by atoms with Crippen LogP contribution >= 0.6 is 11.6 Å². The number of halogens is 1. The average molecular weight is 449 g/mol. The van der Waals surface area contributed by atoms with Gasteiger partial charge in [0.05, 0.1) is 6.61 Å². The number of carbonyl (C=O) groups excluding carboxylic acids is 3. The Labute approximate surface area is 187 Å². The Hall–Kier alpha value is -2.08. The number of hydrogen-bond acceptors (Lipinski definition) is 6. The van der Waals surface area contributed by atoms with Crippen molar-refractivity contribution in [2.45, 2.75) is 58.5 Å². The number of rotatable bonds is 4. The zero-order valence-electron chi connectivity index (χ0n) is 18.2. The second-order valence-electron chi connectivity index (χ2n) is 9.33. The lowest BCUT2D eigenvalue weighted by atomic mass is 9.51. The highest BCUT2D eigenvalue weighted by Crippen LogP contribution is 2.66.